The van der Waals surface area contributed by atoms with Crippen LogP contribution in [0.25, 0.3) is 0 Å². The third-order valence-corrected chi connectivity index (χ3v) is 5.66. The van der Waals surface area contributed by atoms with Gasteiger partial charge in [0.1, 0.15) is 12.1 Å². The number of rotatable bonds is 12. The molecule has 0 saturated heterocycles. The van der Waals surface area contributed by atoms with E-state index in [1.54, 1.807) is 30.3 Å². The summed E-state index contributed by atoms with van der Waals surface area (Å²) in [7, 11) is 0. The number of carboxylic acids is 2. The van der Waals surface area contributed by atoms with E-state index in [0.29, 0.717) is 12.1 Å². The van der Waals surface area contributed by atoms with Crippen molar-refractivity contribution in [2.45, 2.75) is 31.8 Å². The van der Waals surface area contributed by atoms with Gasteiger partial charge < -0.3 is 20.8 Å². The number of thioether (sulfide) groups is 1. The number of benzene rings is 2. The van der Waals surface area contributed by atoms with E-state index in [1.165, 1.54) is 6.92 Å². The van der Waals surface area contributed by atoms with Crippen LogP contribution >= 0.6 is 11.8 Å². The van der Waals surface area contributed by atoms with E-state index in [4.69, 9.17) is 0 Å². The topological polar surface area (TPSA) is 133 Å². The molecule has 0 aliphatic rings. The standard InChI is InChI=1S/C23H26N2O6S/c1-15(26)32-14-17(12-16-8-4-2-5-9-16)21(27)25-20(23(30)31)13-19(22(28)29)24-18-10-6-3-7-11-18/h2-11,17,19-20,24H,12-14H2,1H3,(H,25,27)(H,28,29)(H,30,31)/t17?,19?,20-/m0/s1. The maximum Gasteiger partial charge on any atom is 0.326 e. The lowest BCUT2D eigenvalue weighted by Crippen LogP contribution is -2.48. The SMILES string of the molecule is CC(=O)SCC(Cc1ccccc1)C(=O)N[C@@H](CC(Nc1ccccc1)C(=O)O)C(=O)O. The van der Waals surface area contributed by atoms with Gasteiger partial charge in [0.2, 0.25) is 5.91 Å². The minimum absolute atomic E-state index is 0.149. The van der Waals surface area contributed by atoms with Crippen molar-refractivity contribution in [3.05, 3.63) is 66.2 Å². The molecule has 0 aliphatic carbocycles. The second-order valence-corrected chi connectivity index (χ2v) is 8.42. The molecule has 2 aromatic carbocycles. The van der Waals surface area contributed by atoms with Crippen molar-refractivity contribution in [1.82, 2.24) is 5.32 Å². The van der Waals surface area contributed by atoms with Crippen LogP contribution in [0.4, 0.5) is 5.69 Å². The monoisotopic (exact) mass is 458 g/mol. The molecule has 8 nitrogen and oxygen atoms in total. The van der Waals surface area contributed by atoms with Gasteiger partial charge in [-0.2, -0.15) is 0 Å². The normalized spacial score (nSPS) is 13.4. The predicted octanol–water partition coefficient (Wildman–Crippen LogP) is 2.65. The summed E-state index contributed by atoms with van der Waals surface area (Å²) >= 11 is 0.989. The summed E-state index contributed by atoms with van der Waals surface area (Å²) < 4.78 is 0. The smallest absolute Gasteiger partial charge is 0.326 e. The van der Waals surface area contributed by atoms with Gasteiger partial charge in [0.15, 0.2) is 5.12 Å². The van der Waals surface area contributed by atoms with Gasteiger partial charge in [-0.15, -0.1) is 0 Å². The molecule has 4 N–H and O–H groups in total. The Labute approximate surface area is 190 Å². The number of anilines is 1. The van der Waals surface area contributed by atoms with Crippen LogP contribution in [0.3, 0.4) is 0 Å². The van der Waals surface area contributed by atoms with Crippen molar-refractivity contribution in [3.8, 4) is 0 Å². The van der Waals surface area contributed by atoms with Crippen LogP contribution in [-0.2, 0) is 25.6 Å². The molecular weight excluding hydrogens is 432 g/mol. The molecule has 170 valence electrons. The van der Waals surface area contributed by atoms with Crippen molar-refractivity contribution >= 4 is 40.4 Å². The lowest BCUT2D eigenvalue weighted by molar-refractivity contribution is -0.144. The highest BCUT2D eigenvalue weighted by Crippen LogP contribution is 2.17. The molecule has 0 aromatic heterocycles. The average molecular weight is 459 g/mol. The van der Waals surface area contributed by atoms with Gasteiger partial charge in [-0.25, -0.2) is 9.59 Å². The van der Waals surface area contributed by atoms with Gasteiger partial charge in [0.05, 0.1) is 5.92 Å². The molecule has 0 saturated carbocycles. The molecule has 3 atom stereocenters. The number of hydrogen-bond acceptors (Lipinski definition) is 6. The Hall–Kier alpha value is -3.33. The van der Waals surface area contributed by atoms with Gasteiger partial charge in [0, 0.05) is 24.8 Å². The van der Waals surface area contributed by atoms with Crippen LogP contribution < -0.4 is 10.6 Å². The first-order valence-corrected chi connectivity index (χ1v) is 11.0. The molecule has 2 rings (SSSR count). The van der Waals surface area contributed by atoms with Gasteiger partial charge >= 0.3 is 11.9 Å². The Morgan fingerprint density at radius 1 is 0.875 bits per heavy atom. The second-order valence-electron chi connectivity index (χ2n) is 7.23. The molecule has 0 radical (unpaired) electrons. The number of para-hydroxylation sites is 1. The lowest BCUT2D eigenvalue weighted by Gasteiger charge is -2.23. The van der Waals surface area contributed by atoms with E-state index >= 15 is 0 Å². The summed E-state index contributed by atoms with van der Waals surface area (Å²) in [5.74, 6) is -3.58. The zero-order valence-corrected chi connectivity index (χ0v) is 18.4. The summed E-state index contributed by atoms with van der Waals surface area (Å²) in [4.78, 5) is 47.8. The van der Waals surface area contributed by atoms with Crippen LogP contribution in [0.2, 0.25) is 0 Å². The second kappa shape index (κ2) is 12.5. The molecule has 0 fully saturated rings. The number of aliphatic carboxylic acids is 2. The summed E-state index contributed by atoms with van der Waals surface area (Å²) in [6.07, 6.45) is -0.0346. The first-order valence-electron chi connectivity index (χ1n) is 10.0. The quantitative estimate of drug-likeness (QED) is 0.382. The van der Waals surface area contributed by atoms with E-state index < -0.39 is 35.8 Å². The van der Waals surface area contributed by atoms with E-state index in [1.807, 2.05) is 30.3 Å². The third kappa shape index (κ3) is 8.43. The molecule has 1 amide bonds. The Bertz CT molecular complexity index is 923. The first-order chi connectivity index (χ1) is 15.3. The number of carbonyl (C=O) groups excluding carboxylic acids is 2. The van der Waals surface area contributed by atoms with Crippen molar-refractivity contribution < 1.29 is 29.4 Å². The molecule has 0 bridgehead atoms. The Balaban J connectivity index is 2.12. The highest BCUT2D eigenvalue weighted by Gasteiger charge is 2.31. The predicted molar refractivity (Wildman–Crippen MR) is 122 cm³/mol. The number of carbonyl (C=O) groups is 4. The number of nitrogens with one attached hydrogen (secondary N) is 2. The van der Waals surface area contributed by atoms with Crippen molar-refractivity contribution in [2.24, 2.45) is 5.92 Å². The zero-order chi connectivity index (χ0) is 23.5. The van der Waals surface area contributed by atoms with Gasteiger partial charge in [-0.1, -0.05) is 60.3 Å². The average Bonchev–Trinajstić information content (AvgIpc) is 2.76. The van der Waals surface area contributed by atoms with E-state index in [2.05, 4.69) is 10.6 Å². The fourth-order valence-corrected chi connectivity index (χ4v) is 3.75. The van der Waals surface area contributed by atoms with E-state index in [9.17, 15) is 29.4 Å². The highest BCUT2D eigenvalue weighted by molar-refractivity contribution is 8.13. The Morgan fingerprint density at radius 3 is 1.97 bits per heavy atom. The first kappa shape index (κ1) is 24.9. The fraction of sp³-hybridized carbons (Fsp3) is 0.304. The fourth-order valence-electron chi connectivity index (χ4n) is 3.05. The van der Waals surface area contributed by atoms with Gasteiger partial charge in [-0.05, 0) is 24.1 Å². The molecule has 2 unspecified atom stereocenters. The van der Waals surface area contributed by atoms with Crippen LogP contribution in [0.15, 0.2) is 60.7 Å². The lowest BCUT2D eigenvalue weighted by atomic mass is 9.99. The Kier molecular flexibility index (Phi) is 9.75. The van der Waals surface area contributed by atoms with E-state index in [0.717, 1.165) is 17.3 Å². The minimum atomic E-state index is -1.42. The molecule has 32 heavy (non-hydrogen) atoms. The number of amides is 1. The zero-order valence-electron chi connectivity index (χ0n) is 17.6. The molecule has 0 aliphatic heterocycles. The molecule has 9 heteroatoms. The summed E-state index contributed by atoms with van der Waals surface area (Å²) in [6, 6.07) is 15.1. The van der Waals surface area contributed by atoms with E-state index in [-0.39, 0.29) is 17.3 Å². The Morgan fingerprint density at radius 2 is 1.44 bits per heavy atom. The van der Waals surface area contributed by atoms with Crippen molar-refractivity contribution in [3.63, 3.8) is 0 Å². The third-order valence-electron chi connectivity index (χ3n) is 4.68. The van der Waals surface area contributed by atoms with Crippen molar-refractivity contribution in [2.75, 3.05) is 11.1 Å². The number of carboxylic acid groups (broad SMARTS) is 2. The largest absolute Gasteiger partial charge is 0.480 e. The van der Waals surface area contributed by atoms with Crippen LogP contribution in [-0.4, -0.2) is 51.0 Å². The molecule has 0 heterocycles. The van der Waals surface area contributed by atoms with Crippen LogP contribution in [0, 0.1) is 5.92 Å². The summed E-state index contributed by atoms with van der Waals surface area (Å²) in [6.45, 7) is 1.40. The maximum atomic E-state index is 12.9. The molecular formula is C23H26N2O6S. The van der Waals surface area contributed by atoms with Crippen molar-refractivity contribution in [1.29, 1.82) is 0 Å². The number of hydrogen-bond donors (Lipinski definition) is 4. The highest BCUT2D eigenvalue weighted by atomic mass is 32.2. The van der Waals surface area contributed by atoms with Crippen LogP contribution in [0.5, 0.6) is 0 Å². The van der Waals surface area contributed by atoms with Gasteiger partial charge in [-0.3, -0.25) is 9.59 Å². The molecule has 2 aromatic rings. The van der Waals surface area contributed by atoms with Gasteiger partial charge in [0.25, 0.3) is 0 Å². The summed E-state index contributed by atoms with van der Waals surface area (Å²) in [5, 5.41) is 24.3. The van der Waals surface area contributed by atoms with Crippen LogP contribution in [0.1, 0.15) is 18.9 Å². The maximum absolute atomic E-state index is 12.9. The molecule has 0 spiro atoms. The minimum Gasteiger partial charge on any atom is -0.480 e. The summed E-state index contributed by atoms with van der Waals surface area (Å²) in [5.41, 5.74) is 1.40.